The molecule has 0 unspecified atom stereocenters. The molecule has 0 saturated heterocycles. The fraction of sp³-hybridized carbons (Fsp3) is 0.625. The van der Waals surface area contributed by atoms with Gasteiger partial charge in [0.25, 0.3) is 0 Å². The van der Waals surface area contributed by atoms with Crippen LogP contribution in [-0.2, 0) is 9.47 Å². The van der Waals surface area contributed by atoms with E-state index in [1.807, 2.05) is 0 Å². The summed E-state index contributed by atoms with van der Waals surface area (Å²) >= 11 is 0. The van der Waals surface area contributed by atoms with E-state index in [0.717, 1.165) is 0 Å². The maximum Gasteiger partial charge on any atom is 0.0722 e. The van der Waals surface area contributed by atoms with Crippen molar-refractivity contribution in [2.24, 2.45) is 0 Å². The van der Waals surface area contributed by atoms with Crippen LogP contribution < -0.4 is 0 Å². The summed E-state index contributed by atoms with van der Waals surface area (Å²) in [5.41, 5.74) is 2.59. The molecule has 0 aliphatic carbocycles. The van der Waals surface area contributed by atoms with Crippen LogP contribution in [0.15, 0.2) is 18.4 Å². The first-order valence-corrected chi connectivity index (χ1v) is 3.52. The van der Waals surface area contributed by atoms with Crippen molar-refractivity contribution >= 4 is 0 Å². The second-order valence-electron chi connectivity index (χ2n) is 1.82. The Hall–Kier alpha value is -0.600. The molecule has 0 fully saturated rings. The van der Waals surface area contributed by atoms with Crippen LogP contribution in [0.5, 0.6) is 0 Å². The van der Waals surface area contributed by atoms with Crippen LogP contribution in [0, 0.1) is 0 Å². The molecular formula is C8H14O3. The van der Waals surface area contributed by atoms with E-state index in [0.29, 0.717) is 26.4 Å². The van der Waals surface area contributed by atoms with Crippen LogP contribution in [0.1, 0.15) is 0 Å². The molecule has 0 radical (unpaired) electrons. The van der Waals surface area contributed by atoms with E-state index in [4.69, 9.17) is 14.6 Å². The highest BCUT2D eigenvalue weighted by molar-refractivity contribution is 4.74. The zero-order chi connectivity index (χ0) is 8.36. The maximum atomic E-state index is 8.32. The summed E-state index contributed by atoms with van der Waals surface area (Å²) in [6, 6.07) is 0. The Bertz CT molecular complexity index is 117. The predicted octanol–water partition coefficient (Wildman–Crippen LogP) is 0.353. The van der Waals surface area contributed by atoms with Gasteiger partial charge in [0.2, 0.25) is 0 Å². The Balaban J connectivity index is 2.84. The van der Waals surface area contributed by atoms with Crippen LogP contribution in [0.4, 0.5) is 0 Å². The highest BCUT2D eigenvalue weighted by Gasteiger charge is 1.85. The predicted molar refractivity (Wildman–Crippen MR) is 42.4 cm³/mol. The van der Waals surface area contributed by atoms with Gasteiger partial charge in [0.05, 0.1) is 33.0 Å². The van der Waals surface area contributed by atoms with Crippen molar-refractivity contribution in [3.05, 3.63) is 18.4 Å². The lowest BCUT2D eigenvalue weighted by Gasteiger charge is -2.00. The fourth-order valence-electron chi connectivity index (χ4n) is 0.486. The summed E-state index contributed by atoms with van der Waals surface area (Å²) in [5, 5.41) is 8.32. The second kappa shape index (κ2) is 9.40. The van der Waals surface area contributed by atoms with Gasteiger partial charge in [-0.05, 0) is 6.08 Å². The zero-order valence-electron chi connectivity index (χ0n) is 6.58. The maximum absolute atomic E-state index is 8.32. The molecule has 1 N–H and O–H groups in total. The van der Waals surface area contributed by atoms with E-state index in [-0.39, 0.29) is 6.61 Å². The lowest BCUT2D eigenvalue weighted by atomic mass is 10.6. The Morgan fingerprint density at radius 1 is 1.27 bits per heavy atom. The van der Waals surface area contributed by atoms with Crippen molar-refractivity contribution in [2.45, 2.75) is 0 Å². The summed E-state index contributed by atoms with van der Waals surface area (Å²) in [5.74, 6) is 0. The molecule has 0 amide bonds. The average Bonchev–Trinajstić information content (AvgIpc) is 2.03. The van der Waals surface area contributed by atoms with Crippen molar-refractivity contribution < 1.29 is 14.6 Å². The van der Waals surface area contributed by atoms with Gasteiger partial charge in [-0.25, -0.2) is 0 Å². The molecule has 0 aromatic rings. The van der Waals surface area contributed by atoms with E-state index in [1.54, 1.807) is 6.08 Å². The molecule has 0 aliphatic rings. The molecule has 11 heavy (non-hydrogen) atoms. The zero-order valence-corrected chi connectivity index (χ0v) is 6.58. The van der Waals surface area contributed by atoms with E-state index in [9.17, 15) is 0 Å². The number of hydrogen-bond donors (Lipinski definition) is 1. The molecule has 0 aliphatic heterocycles. The molecule has 0 saturated carbocycles. The molecule has 64 valence electrons. The SMILES string of the molecule is C=C=CCOCCOCCO. The molecule has 0 bridgehead atoms. The monoisotopic (exact) mass is 158 g/mol. The smallest absolute Gasteiger partial charge is 0.0722 e. The minimum Gasteiger partial charge on any atom is -0.394 e. The van der Waals surface area contributed by atoms with Gasteiger partial charge in [0.15, 0.2) is 0 Å². The van der Waals surface area contributed by atoms with Gasteiger partial charge in [-0.15, -0.1) is 5.73 Å². The third kappa shape index (κ3) is 9.40. The first kappa shape index (κ1) is 10.4. The van der Waals surface area contributed by atoms with Crippen LogP contribution in [0.2, 0.25) is 0 Å². The number of hydrogen-bond acceptors (Lipinski definition) is 3. The molecule has 0 aromatic heterocycles. The molecule has 0 rings (SSSR count). The standard InChI is InChI=1S/C8H14O3/c1-2-3-5-10-7-8-11-6-4-9/h3,9H,1,4-8H2. The van der Waals surface area contributed by atoms with Crippen molar-refractivity contribution in [1.29, 1.82) is 0 Å². The largest absolute Gasteiger partial charge is 0.394 e. The average molecular weight is 158 g/mol. The van der Waals surface area contributed by atoms with Crippen molar-refractivity contribution in [3.8, 4) is 0 Å². The van der Waals surface area contributed by atoms with Gasteiger partial charge in [-0.2, -0.15) is 0 Å². The second-order valence-corrected chi connectivity index (χ2v) is 1.82. The molecule has 3 heteroatoms. The van der Waals surface area contributed by atoms with Gasteiger partial charge in [-0.1, -0.05) is 6.58 Å². The van der Waals surface area contributed by atoms with Crippen molar-refractivity contribution in [3.63, 3.8) is 0 Å². The quantitative estimate of drug-likeness (QED) is 0.429. The summed E-state index contributed by atoms with van der Waals surface area (Å²) in [4.78, 5) is 0. The summed E-state index contributed by atoms with van der Waals surface area (Å²) in [6.07, 6.45) is 1.70. The molecule has 0 atom stereocenters. The van der Waals surface area contributed by atoms with Crippen molar-refractivity contribution in [2.75, 3.05) is 33.0 Å². The number of rotatable bonds is 7. The van der Waals surface area contributed by atoms with Crippen LogP contribution >= 0.6 is 0 Å². The molecule has 3 nitrogen and oxygen atoms in total. The third-order valence-electron chi connectivity index (χ3n) is 0.953. The van der Waals surface area contributed by atoms with E-state index in [2.05, 4.69) is 12.3 Å². The van der Waals surface area contributed by atoms with Gasteiger partial charge in [-0.3, -0.25) is 0 Å². The molecule has 0 spiro atoms. The van der Waals surface area contributed by atoms with Crippen molar-refractivity contribution in [1.82, 2.24) is 0 Å². The number of aliphatic hydroxyl groups is 1. The van der Waals surface area contributed by atoms with Crippen LogP contribution in [0.3, 0.4) is 0 Å². The summed E-state index contributed by atoms with van der Waals surface area (Å²) < 4.78 is 9.99. The molecule has 0 heterocycles. The number of aliphatic hydroxyl groups excluding tert-OH is 1. The topological polar surface area (TPSA) is 38.7 Å². The third-order valence-corrected chi connectivity index (χ3v) is 0.953. The minimum absolute atomic E-state index is 0.0621. The normalized spacial score (nSPS) is 9.18. The van der Waals surface area contributed by atoms with Crippen LogP contribution in [-0.4, -0.2) is 38.1 Å². The van der Waals surface area contributed by atoms with Gasteiger partial charge >= 0.3 is 0 Å². The van der Waals surface area contributed by atoms with Crippen LogP contribution in [0.25, 0.3) is 0 Å². The molecular weight excluding hydrogens is 144 g/mol. The minimum atomic E-state index is 0.0621. The first-order valence-electron chi connectivity index (χ1n) is 3.52. The highest BCUT2D eigenvalue weighted by atomic mass is 16.5. The Morgan fingerprint density at radius 2 is 2.00 bits per heavy atom. The van der Waals surface area contributed by atoms with E-state index in [1.165, 1.54) is 0 Å². The summed E-state index contributed by atoms with van der Waals surface area (Å²) in [7, 11) is 0. The van der Waals surface area contributed by atoms with Gasteiger partial charge < -0.3 is 14.6 Å². The Labute approximate surface area is 66.9 Å². The van der Waals surface area contributed by atoms with E-state index >= 15 is 0 Å². The lowest BCUT2D eigenvalue weighted by Crippen LogP contribution is -2.06. The van der Waals surface area contributed by atoms with Gasteiger partial charge in [0, 0.05) is 0 Å². The highest BCUT2D eigenvalue weighted by Crippen LogP contribution is 1.78. The fourth-order valence-corrected chi connectivity index (χ4v) is 0.486. The van der Waals surface area contributed by atoms with E-state index < -0.39 is 0 Å². The number of ether oxygens (including phenoxy) is 2. The Kier molecular flexibility index (Phi) is 8.89. The first-order chi connectivity index (χ1) is 5.41. The van der Waals surface area contributed by atoms with Gasteiger partial charge in [0.1, 0.15) is 0 Å². The lowest BCUT2D eigenvalue weighted by molar-refractivity contribution is 0.0412. The molecule has 0 aromatic carbocycles. The Morgan fingerprint density at radius 3 is 2.64 bits per heavy atom. The summed E-state index contributed by atoms with van der Waals surface area (Å²) in [6.45, 7) is 5.40.